The van der Waals surface area contributed by atoms with Crippen molar-refractivity contribution in [3.63, 3.8) is 0 Å². The number of thioether (sulfide) groups is 1. The van der Waals surface area contributed by atoms with Gasteiger partial charge < -0.3 is 0 Å². The summed E-state index contributed by atoms with van der Waals surface area (Å²) in [4.78, 5) is 12.7. The zero-order chi connectivity index (χ0) is 17.5. The summed E-state index contributed by atoms with van der Waals surface area (Å²) >= 11 is 1.38. The maximum Gasteiger partial charge on any atom is 0.213 e. The van der Waals surface area contributed by atoms with Crippen molar-refractivity contribution >= 4 is 45.5 Å². The molecule has 3 heteroatoms. The Labute approximate surface area is 154 Å². The number of carbonyl (C=O) groups is 1. The third kappa shape index (κ3) is 3.81. The molecule has 0 amide bonds. The Morgan fingerprint density at radius 1 is 0.760 bits per heavy atom. The molecule has 0 saturated carbocycles. The van der Waals surface area contributed by atoms with Crippen LogP contribution < -0.4 is 15.9 Å². The van der Waals surface area contributed by atoms with Crippen LogP contribution in [0.15, 0.2) is 91.0 Å². The van der Waals surface area contributed by atoms with E-state index < -0.39 is 6.89 Å². The molecule has 3 rings (SSSR count). The van der Waals surface area contributed by atoms with E-state index in [1.54, 1.807) is 0 Å². The van der Waals surface area contributed by atoms with Gasteiger partial charge in [0.05, 0.1) is 0 Å². The van der Waals surface area contributed by atoms with Crippen molar-refractivity contribution in [2.45, 2.75) is 6.92 Å². The van der Waals surface area contributed by atoms with Crippen LogP contribution in [-0.4, -0.2) is 16.7 Å². The van der Waals surface area contributed by atoms with Gasteiger partial charge in [0.1, 0.15) is 0 Å². The van der Waals surface area contributed by atoms with Crippen molar-refractivity contribution in [1.82, 2.24) is 0 Å². The molecule has 0 atom stereocenters. The quantitative estimate of drug-likeness (QED) is 0.635. The lowest BCUT2D eigenvalue weighted by molar-refractivity contribution is -0.105. The van der Waals surface area contributed by atoms with Crippen molar-refractivity contribution in [3.8, 4) is 0 Å². The van der Waals surface area contributed by atoms with Gasteiger partial charge >= 0.3 is 0 Å². The third-order valence-corrected chi connectivity index (χ3v) is 8.90. The van der Waals surface area contributed by atoms with E-state index in [0.717, 1.165) is 5.75 Å². The molecule has 3 aromatic rings. The minimum absolute atomic E-state index is 0.146. The monoisotopic (exact) mass is 364 g/mol. The number of carbonyl (C=O) groups excluding carboxylic acids is 1. The highest BCUT2D eigenvalue weighted by atomic mass is 32.2. The van der Waals surface area contributed by atoms with E-state index in [0.29, 0.717) is 0 Å². The lowest BCUT2D eigenvalue weighted by Gasteiger charge is -2.28. The highest BCUT2D eigenvalue weighted by Gasteiger charge is 2.26. The normalized spacial score (nSPS) is 11.1. The molecule has 0 unspecified atom stereocenters. The zero-order valence-electron chi connectivity index (χ0n) is 14.2. The minimum Gasteiger partial charge on any atom is -0.282 e. The average molecular weight is 364 g/mol. The predicted octanol–water partition coefficient (Wildman–Crippen LogP) is 4.06. The highest BCUT2D eigenvalue weighted by molar-refractivity contribution is 8.17. The van der Waals surface area contributed by atoms with E-state index in [-0.39, 0.29) is 5.12 Å². The van der Waals surface area contributed by atoms with Gasteiger partial charge in [0.25, 0.3) is 0 Å². The van der Waals surface area contributed by atoms with Crippen LogP contribution in [0.4, 0.5) is 0 Å². The molecule has 3 aromatic carbocycles. The lowest BCUT2D eigenvalue weighted by atomic mass is 10.4. The summed E-state index contributed by atoms with van der Waals surface area (Å²) in [6, 6.07) is 31.3. The first-order valence-corrected chi connectivity index (χ1v) is 11.2. The van der Waals surface area contributed by atoms with Crippen LogP contribution >= 0.6 is 18.6 Å². The molecule has 1 nitrogen and oxygen atoms in total. The first-order chi connectivity index (χ1) is 12.3. The Morgan fingerprint density at radius 3 is 1.44 bits per heavy atom. The van der Waals surface area contributed by atoms with E-state index in [4.69, 9.17) is 0 Å². The first-order valence-electron chi connectivity index (χ1n) is 8.35. The standard InChI is InChI=1S/C22H21OPS/c1-2-25-22(23)18-24(19-12-6-3-7-13-19,20-14-8-4-9-15-20)21-16-10-5-11-17-21/h3-18H,2H2,1H3. The van der Waals surface area contributed by atoms with Gasteiger partial charge in [-0.1, -0.05) is 110 Å². The second-order valence-corrected chi connectivity index (χ2v) is 10.1. The summed E-state index contributed by atoms with van der Waals surface area (Å²) in [7, 11) is 0. The van der Waals surface area contributed by atoms with Crippen molar-refractivity contribution in [2.24, 2.45) is 0 Å². The van der Waals surface area contributed by atoms with Crippen molar-refractivity contribution in [3.05, 3.63) is 91.0 Å². The fourth-order valence-electron chi connectivity index (χ4n) is 3.00. The van der Waals surface area contributed by atoms with Gasteiger partial charge in [-0.25, -0.2) is 0 Å². The predicted molar refractivity (Wildman–Crippen MR) is 114 cm³/mol. The summed E-state index contributed by atoms with van der Waals surface area (Å²) in [5.74, 6) is 2.77. The second-order valence-electron chi connectivity index (χ2n) is 5.61. The molecule has 0 fully saturated rings. The van der Waals surface area contributed by atoms with Crippen LogP contribution in [0, 0.1) is 0 Å². The number of hydrogen-bond donors (Lipinski definition) is 0. The maximum absolute atomic E-state index is 12.7. The van der Waals surface area contributed by atoms with Gasteiger partial charge in [0.15, 0.2) is 0 Å². The summed E-state index contributed by atoms with van der Waals surface area (Å²) in [6.07, 6.45) is 0. The molecule has 0 bridgehead atoms. The Balaban J connectivity index is 2.38. The van der Waals surface area contributed by atoms with Crippen LogP contribution in [-0.2, 0) is 4.79 Å². The molecule has 0 heterocycles. The number of rotatable bonds is 5. The summed E-state index contributed by atoms with van der Waals surface area (Å²) in [5.41, 5.74) is 0. The van der Waals surface area contributed by atoms with E-state index >= 15 is 0 Å². The molecular formula is C22H21OPS. The molecule has 126 valence electrons. The van der Waals surface area contributed by atoms with E-state index in [1.165, 1.54) is 27.7 Å². The van der Waals surface area contributed by atoms with Crippen molar-refractivity contribution in [2.75, 3.05) is 5.75 Å². The number of benzene rings is 3. The fourth-order valence-corrected chi connectivity index (χ4v) is 7.64. The van der Waals surface area contributed by atoms with E-state index in [9.17, 15) is 4.79 Å². The number of hydrogen-bond acceptors (Lipinski definition) is 2. The molecular weight excluding hydrogens is 343 g/mol. The summed E-state index contributed by atoms with van der Waals surface area (Å²) in [5, 5.41) is 3.76. The smallest absolute Gasteiger partial charge is 0.213 e. The van der Waals surface area contributed by atoms with Crippen LogP contribution in [0.3, 0.4) is 0 Å². The first kappa shape index (κ1) is 17.8. The molecule has 0 saturated heterocycles. The Kier molecular flexibility index (Phi) is 5.96. The molecule has 0 aliphatic heterocycles. The molecule has 0 aliphatic carbocycles. The van der Waals surface area contributed by atoms with Gasteiger partial charge in [-0.05, 0) is 28.6 Å². The van der Waals surface area contributed by atoms with Gasteiger partial charge in [-0.2, -0.15) is 0 Å². The van der Waals surface area contributed by atoms with Gasteiger partial charge in [-0.15, -0.1) is 0 Å². The molecule has 0 spiro atoms. The topological polar surface area (TPSA) is 17.1 Å². The van der Waals surface area contributed by atoms with E-state index in [1.807, 2.05) is 30.9 Å². The van der Waals surface area contributed by atoms with Crippen LogP contribution in [0.1, 0.15) is 6.92 Å². The summed E-state index contributed by atoms with van der Waals surface area (Å²) < 4.78 is 0. The van der Waals surface area contributed by atoms with Crippen LogP contribution in [0.5, 0.6) is 0 Å². The lowest BCUT2D eigenvalue weighted by Crippen LogP contribution is -2.28. The molecule has 0 aromatic heterocycles. The van der Waals surface area contributed by atoms with Crippen LogP contribution in [0.25, 0.3) is 0 Å². The van der Waals surface area contributed by atoms with Crippen molar-refractivity contribution in [1.29, 1.82) is 0 Å². The summed E-state index contributed by atoms with van der Waals surface area (Å²) in [6.45, 7) is -0.117. The average Bonchev–Trinajstić information content (AvgIpc) is 2.68. The maximum atomic E-state index is 12.7. The SMILES string of the molecule is CCSC(=O)C=P(c1ccccc1)(c1ccccc1)c1ccccc1. The minimum atomic E-state index is -2.13. The Morgan fingerprint density at radius 2 is 1.12 bits per heavy atom. The Bertz CT molecular complexity index is 770. The second kappa shape index (κ2) is 8.38. The zero-order valence-corrected chi connectivity index (χ0v) is 15.9. The van der Waals surface area contributed by atoms with Gasteiger partial charge in [0, 0.05) is 5.80 Å². The molecule has 0 radical (unpaired) electrons. The third-order valence-electron chi connectivity index (χ3n) is 4.08. The largest absolute Gasteiger partial charge is 0.282 e. The van der Waals surface area contributed by atoms with Crippen molar-refractivity contribution < 1.29 is 4.79 Å². The molecule has 0 N–H and O–H groups in total. The van der Waals surface area contributed by atoms with Gasteiger partial charge in [0.2, 0.25) is 5.12 Å². The molecule has 0 aliphatic rings. The van der Waals surface area contributed by atoms with Gasteiger partial charge in [-0.3, -0.25) is 4.79 Å². The highest BCUT2D eigenvalue weighted by Crippen LogP contribution is 2.43. The molecule has 25 heavy (non-hydrogen) atoms. The van der Waals surface area contributed by atoms with E-state index in [2.05, 4.69) is 72.8 Å². The Hall–Kier alpha value is -2.02. The van der Waals surface area contributed by atoms with Crippen LogP contribution in [0.2, 0.25) is 0 Å². The fraction of sp³-hybridized carbons (Fsp3) is 0.0909.